The van der Waals surface area contributed by atoms with Gasteiger partial charge in [0.05, 0.1) is 19.8 Å². The lowest BCUT2D eigenvalue weighted by Gasteiger charge is -2.15. The standard InChI is InChI=1S/C23H29N3O3.HI/c1-4-15-29-22-16-18(11-12-21(22)28-3)17-26-23(24-5-2)25-14-13-20(27)19-9-7-6-8-10-19;/h1,6-12,16,20,27H,5,13-15,17H2,2-3H3,(H2,24,25,26);1H. The minimum absolute atomic E-state index is 0. The summed E-state index contributed by atoms with van der Waals surface area (Å²) in [6, 6.07) is 15.3. The SMILES string of the molecule is C#CCOc1cc(CN=C(NCC)NCCC(O)c2ccccc2)ccc1OC.I. The lowest BCUT2D eigenvalue weighted by Crippen LogP contribution is -2.38. The van der Waals surface area contributed by atoms with Gasteiger partial charge in [0.25, 0.3) is 0 Å². The number of hydrogen-bond donors (Lipinski definition) is 3. The molecule has 0 saturated heterocycles. The van der Waals surface area contributed by atoms with Gasteiger partial charge in [0.2, 0.25) is 0 Å². The van der Waals surface area contributed by atoms with E-state index in [4.69, 9.17) is 15.9 Å². The maximum Gasteiger partial charge on any atom is 0.191 e. The Bertz CT molecular complexity index is 822. The van der Waals surface area contributed by atoms with Gasteiger partial charge in [-0.3, -0.25) is 0 Å². The normalized spacial score (nSPS) is 11.6. The second-order valence-corrected chi connectivity index (χ2v) is 6.32. The highest BCUT2D eigenvalue weighted by molar-refractivity contribution is 14.0. The average molecular weight is 523 g/mol. The number of benzene rings is 2. The summed E-state index contributed by atoms with van der Waals surface area (Å²) >= 11 is 0. The molecule has 0 aliphatic rings. The highest BCUT2D eigenvalue weighted by atomic mass is 127. The monoisotopic (exact) mass is 523 g/mol. The van der Waals surface area contributed by atoms with E-state index in [2.05, 4.69) is 21.5 Å². The zero-order valence-electron chi connectivity index (χ0n) is 17.4. The third-order valence-electron chi connectivity index (χ3n) is 4.20. The smallest absolute Gasteiger partial charge is 0.191 e. The summed E-state index contributed by atoms with van der Waals surface area (Å²) in [7, 11) is 1.59. The van der Waals surface area contributed by atoms with E-state index in [-0.39, 0.29) is 30.6 Å². The van der Waals surface area contributed by atoms with Gasteiger partial charge in [0.1, 0.15) is 6.61 Å². The Hall–Kier alpha value is -2.44. The van der Waals surface area contributed by atoms with Gasteiger partial charge in [-0.05, 0) is 36.6 Å². The molecule has 2 aromatic carbocycles. The predicted octanol–water partition coefficient (Wildman–Crippen LogP) is 3.50. The molecule has 6 nitrogen and oxygen atoms in total. The van der Waals surface area contributed by atoms with Crippen molar-refractivity contribution in [1.82, 2.24) is 10.6 Å². The molecule has 0 aliphatic carbocycles. The number of aliphatic imine (C=N–C) groups is 1. The molecule has 0 aromatic heterocycles. The summed E-state index contributed by atoms with van der Waals surface area (Å²) in [5, 5.41) is 16.8. The Morgan fingerprint density at radius 3 is 2.60 bits per heavy atom. The van der Waals surface area contributed by atoms with Gasteiger partial charge in [-0.15, -0.1) is 30.4 Å². The van der Waals surface area contributed by atoms with E-state index < -0.39 is 6.10 Å². The van der Waals surface area contributed by atoms with Crippen molar-refractivity contribution in [2.45, 2.75) is 26.0 Å². The van der Waals surface area contributed by atoms with Crippen LogP contribution in [0.3, 0.4) is 0 Å². The lowest BCUT2D eigenvalue weighted by atomic mass is 10.1. The summed E-state index contributed by atoms with van der Waals surface area (Å²) in [6.07, 6.45) is 5.34. The van der Waals surface area contributed by atoms with Crippen LogP contribution in [0.1, 0.15) is 30.6 Å². The summed E-state index contributed by atoms with van der Waals surface area (Å²) in [4.78, 5) is 4.61. The van der Waals surface area contributed by atoms with Crippen molar-refractivity contribution in [3.63, 3.8) is 0 Å². The topological polar surface area (TPSA) is 75.1 Å². The van der Waals surface area contributed by atoms with E-state index in [1.807, 2.05) is 55.5 Å². The number of nitrogens with one attached hydrogen (secondary N) is 2. The molecule has 0 bridgehead atoms. The third-order valence-corrected chi connectivity index (χ3v) is 4.20. The van der Waals surface area contributed by atoms with Gasteiger partial charge in [-0.25, -0.2) is 4.99 Å². The van der Waals surface area contributed by atoms with E-state index in [0.717, 1.165) is 17.7 Å². The molecule has 1 atom stereocenters. The van der Waals surface area contributed by atoms with Crippen LogP contribution in [0, 0.1) is 12.3 Å². The molecule has 0 amide bonds. The number of methoxy groups -OCH3 is 1. The van der Waals surface area contributed by atoms with Crippen LogP contribution in [0.15, 0.2) is 53.5 Å². The van der Waals surface area contributed by atoms with Crippen LogP contribution in [0.5, 0.6) is 11.5 Å². The molecule has 0 radical (unpaired) electrons. The zero-order chi connectivity index (χ0) is 20.9. The van der Waals surface area contributed by atoms with Crippen molar-refractivity contribution in [2.24, 2.45) is 4.99 Å². The van der Waals surface area contributed by atoms with Crippen LogP contribution >= 0.6 is 24.0 Å². The molecular formula is C23H30IN3O3. The fourth-order valence-corrected chi connectivity index (χ4v) is 2.73. The molecule has 1 unspecified atom stereocenters. The number of hydrogen-bond acceptors (Lipinski definition) is 4. The largest absolute Gasteiger partial charge is 0.493 e. The van der Waals surface area contributed by atoms with Crippen molar-refractivity contribution in [1.29, 1.82) is 0 Å². The van der Waals surface area contributed by atoms with Crippen LogP contribution in [0.4, 0.5) is 0 Å². The van der Waals surface area contributed by atoms with E-state index in [1.165, 1.54) is 0 Å². The molecule has 0 saturated carbocycles. The Balaban J connectivity index is 0.00000450. The Kier molecular flexibility index (Phi) is 12.4. The maximum atomic E-state index is 10.3. The Morgan fingerprint density at radius 1 is 1.17 bits per heavy atom. The quantitative estimate of drug-likeness (QED) is 0.193. The molecule has 0 heterocycles. The second kappa shape index (κ2) is 14.5. The third kappa shape index (κ3) is 8.51. The first-order chi connectivity index (χ1) is 14.2. The number of nitrogens with zero attached hydrogens (tertiary/aromatic N) is 1. The van der Waals surface area contributed by atoms with Gasteiger partial charge >= 0.3 is 0 Å². The number of ether oxygens (including phenoxy) is 2. The minimum Gasteiger partial charge on any atom is -0.493 e. The molecule has 0 spiro atoms. The van der Waals surface area contributed by atoms with Crippen LogP contribution in [0.25, 0.3) is 0 Å². The Morgan fingerprint density at radius 2 is 1.93 bits per heavy atom. The predicted molar refractivity (Wildman–Crippen MR) is 132 cm³/mol. The van der Waals surface area contributed by atoms with Crippen LogP contribution in [-0.4, -0.2) is 37.9 Å². The molecule has 3 N–H and O–H groups in total. The second-order valence-electron chi connectivity index (χ2n) is 6.32. The van der Waals surface area contributed by atoms with Crippen molar-refractivity contribution in [3.05, 3.63) is 59.7 Å². The van der Waals surface area contributed by atoms with Gasteiger partial charge in [0, 0.05) is 13.1 Å². The van der Waals surface area contributed by atoms with Crippen molar-refractivity contribution in [3.8, 4) is 23.8 Å². The molecule has 0 fully saturated rings. The van der Waals surface area contributed by atoms with Crippen LogP contribution in [-0.2, 0) is 6.54 Å². The Labute approximate surface area is 196 Å². The molecule has 0 aliphatic heterocycles. The van der Waals surface area contributed by atoms with Gasteiger partial charge < -0.3 is 25.2 Å². The van der Waals surface area contributed by atoms with Crippen LogP contribution < -0.4 is 20.1 Å². The number of rotatable bonds is 10. The van der Waals surface area contributed by atoms with Gasteiger partial charge in [-0.1, -0.05) is 42.3 Å². The van der Waals surface area contributed by atoms with Gasteiger partial charge in [0.15, 0.2) is 17.5 Å². The number of aliphatic hydroxyl groups is 1. The lowest BCUT2D eigenvalue weighted by molar-refractivity contribution is 0.168. The summed E-state index contributed by atoms with van der Waals surface area (Å²) in [6.45, 7) is 3.99. The zero-order valence-corrected chi connectivity index (χ0v) is 19.8. The number of guanidine groups is 1. The van der Waals surface area contributed by atoms with E-state index in [0.29, 0.717) is 37.0 Å². The fraction of sp³-hybridized carbons (Fsp3) is 0.348. The van der Waals surface area contributed by atoms with E-state index in [9.17, 15) is 5.11 Å². The number of terminal acetylenes is 1. The van der Waals surface area contributed by atoms with Crippen molar-refractivity contribution < 1.29 is 14.6 Å². The first kappa shape index (κ1) is 25.6. The first-order valence-corrected chi connectivity index (χ1v) is 9.66. The van der Waals surface area contributed by atoms with Crippen molar-refractivity contribution >= 4 is 29.9 Å². The maximum absolute atomic E-state index is 10.3. The molecule has 2 rings (SSSR count). The summed E-state index contributed by atoms with van der Waals surface area (Å²) < 4.78 is 10.8. The van der Waals surface area contributed by atoms with Crippen molar-refractivity contribution in [2.75, 3.05) is 26.8 Å². The average Bonchev–Trinajstić information content (AvgIpc) is 2.76. The summed E-state index contributed by atoms with van der Waals surface area (Å²) in [5.41, 5.74) is 1.88. The highest BCUT2D eigenvalue weighted by Crippen LogP contribution is 2.28. The summed E-state index contributed by atoms with van der Waals surface area (Å²) in [5.74, 6) is 4.37. The van der Waals surface area contributed by atoms with Crippen LogP contribution in [0.2, 0.25) is 0 Å². The first-order valence-electron chi connectivity index (χ1n) is 9.66. The highest BCUT2D eigenvalue weighted by Gasteiger charge is 2.08. The van der Waals surface area contributed by atoms with E-state index in [1.54, 1.807) is 7.11 Å². The fourth-order valence-electron chi connectivity index (χ4n) is 2.73. The number of aliphatic hydroxyl groups excluding tert-OH is 1. The number of halogens is 1. The minimum atomic E-state index is -0.510. The van der Waals surface area contributed by atoms with E-state index >= 15 is 0 Å². The molecular weight excluding hydrogens is 493 g/mol. The molecule has 2 aromatic rings. The molecule has 30 heavy (non-hydrogen) atoms. The molecule has 7 heteroatoms. The molecule has 162 valence electrons. The van der Waals surface area contributed by atoms with Gasteiger partial charge in [-0.2, -0.15) is 0 Å².